The van der Waals surface area contributed by atoms with Gasteiger partial charge in [0.1, 0.15) is 17.2 Å². The van der Waals surface area contributed by atoms with Crippen LogP contribution < -0.4 is 9.47 Å². The lowest BCUT2D eigenvalue weighted by Gasteiger charge is -2.38. The molecular weight excluding hydrogens is 454 g/mol. The molecule has 1 aliphatic rings. The van der Waals surface area contributed by atoms with E-state index in [-0.39, 0.29) is 18.9 Å². The standard InChI is InChI=1S/C25H27N3O7/c1-27(32)24(31)28-14-4-13-25(15-28,23(29)30)22-26-20(16-5-9-18(33-2)10-6-16)21(35-22)17-7-11-19(34-3)12-8-17/h5-12,32H,4,13-15H2,1-3H3,(H,29,30). The average Bonchev–Trinajstić information content (AvgIpc) is 3.34. The van der Waals surface area contributed by atoms with Gasteiger partial charge in [0.2, 0.25) is 5.89 Å². The number of likely N-dealkylation sites (tertiary alicyclic amines) is 1. The van der Waals surface area contributed by atoms with Crippen LogP contribution in [0.5, 0.6) is 11.5 Å². The smallest absolute Gasteiger partial charge is 0.343 e. The van der Waals surface area contributed by atoms with Gasteiger partial charge in [0.25, 0.3) is 0 Å². The Morgan fingerprint density at radius 2 is 1.60 bits per heavy atom. The first-order valence-corrected chi connectivity index (χ1v) is 11.0. The Kier molecular flexibility index (Phi) is 6.65. The molecule has 184 valence electrons. The maximum Gasteiger partial charge on any atom is 0.343 e. The van der Waals surface area contributed by atoms with Crippen molar-refractivity contribution in [1.82, 2.24) is 14.9 Å². The van der Waals surface area contributed by atoms with Crippen molar-refractivity contribution in [2.24, 2.45) is 0 Å². The van der Waals surface area contributed by atoms with Crippen LogP contribution in [-0.2, 0) is 10.2 Å². The molecule has 1 unspecified atom stereocenters. The molecule has 1 atom stereocenters. The average molecular weight is 482 g/mol. The first-order valence-electron chi connectivity index (χ1n) is 11.0. The van der Waals surface area contributed by atoms with Gasteiger partial charge in [-0.15, -0.1) is 0 Å². The third-order valence-corrected chi connectivity index (χ3v) is 6.20. The number of carbonyl (C=O) groups is 2. The van der Waals surface area contributed by atoms with Crippen LogP contribution in [0.25, 0.3) is 22.6 Å². The Labute approximate surface area is 202 Å². The molecule has 3 aromatic rings. The number of hydroxylamine groups is 2. The van der Waals surface area contributed by atoms with E-state index in [9.17, 15) is 19.9 Å². The predicted octanol–water partition coefficient (Wildman–Crippen LogP) is 3.89. The fourth-order valence-electron chi connectivity index (χ4n) is 4.27. The predicted molar refractivity (Wildman–Crippen MR) is 126 cm³/mol. The molecule has 0 aliphatic carbocycles. The van der Waals surface area contributed by atoms with Crippen LogP contribution in [-0.4, -0.2) is 71.6 Å². The summed E-state index contributed by atoms with van der Waals surface area (Å²) in [6, 6.07) is 13.7. The third-order valence-electron chi connectivity index (χ3n) is 6.20. The molecule has 1 saturated heterocycles. The Morgan fingerprint density at radius 3 is 2.11 bits per heavy atom. The minimum absolute atomic E-state index is 0.000251. The van der Waals surface area contributed by atoms with Crippen molar-refractivity contribution in [2.75, 3.05) is 34.4 Å². The fourth-order valence-corrected chi connectivity index (χ4v) is 4.27. The van der Waals surface area contributed by atoms with Crippen molar-refractivity contribution in [3.8, 4) is 34.1 Å². The van der Waals surface area contributed by atoms with E-state index in [1.807, 2.05) is 12.1 Å². The van der Waals surface area contributed by atoms with Gasteiger partial charge in [-0.3, -0.25) is 10.0 Å². The molecule has 2 amide bonds. The number of benzene rings is 2. The molecule has 1 aliphatic heterocycles. The van der Waals surface area contributed by atoms with E-state index in [1.54, 1.807) is 50.6 Å². The molecule has 1 aromatic heterocycles. The zero-order valence-corrected chi connectivity index (χ0v) is 19.7. The number of piperidine rings is 1. The summed E-state index contributed by atoms with van der Waals surface area (Å²) in [4.78, 5) is 31.0. The van der Waals surface area contributed by atoms with Gasteiger partial charge >= 0.3 is 12.0 Å². The quantitative estimate of drug-likeness (QED) is 0.401. The molecule has 2 heterocycles. The molecule has 0 spiro atoms. The summed E-state index contributed by atoms with van der Waals surface area (Å²) in [5, 5.41) is 20.4. The SMILES string of the molecule is COc1ccc(-c2nc(C3(C(=O)O)CCCN(C(=O)N(C)O)C3)oc2-c2ccc(OC)cc2)cc1. The normalized spacial score (nSPS) is 17.7. The van der Waals surface area contributed by atoms with Crippen molar-refractivity contribution in [1.29, 1.82) is 0 Å². The van der Waals surface area contributed by atoms with E-state index in [1.165, 1.54) is 11.9 Å². The first kappa shape index (κ1) is 24.1. The highest BCUT2D eigenvalue weighted by Gasteiger charge is 2.50. The summed E-state index contributed by atoms with van der Waals surface area (Å²) < 4.78 is 16.7. The number of carbonyl (C=O) groups excluding carboxylic acids is 1. The number of methoxy groups -OCH3 is 2. The van der Waals surface area contributed by atoms with Gasteiger partial charge < -0.3 is 23.9 Å². The molecule has 10 heteroatoms. The second-order valence-electron chi connectivity index (χ2n) is 8.37. The van der Waals surface area contributed by atoms with E-state index < -0.39 is 17.4 Å². The molecule has 0 saturated carbocycles. The molecular formula is C25H27N3O7. The first-order chi connectivity index (χ1) is 16.8. The van der Waals surface area contributed by atoms with Crippen LogP contribution in [0.4, 0.5) is 4.79 Å². The number of ether oxygens (including phenoxy) is 2. The number of carboxylic acids is 1. The summed E-state index contributed by atoms with van der Waals surface area (Å²) in [7, 11) is 4.34. The fraction of sp³-hybridized carbons (Fsp3) is 0.320. The largest absolute Gasteiger partial charge is 0.497 e. The van der Waals surface area contributed by atoms with Gasteiger partial charge in [-0.25, -0.2) is 14.8 Å². The molecule has 0 radical (unpaired) electrons. The van der Waals surface area contributed by atoms with Crippen molar-refractivity contribution in [3.05, 3.63) is 54.4 Å². The van der Waals surface area contributed by atoms with E-state index in [2.05, 4.69) is 4.98 Å². The van der Waals surface area contributed by atoms with Crippen LogP contribution in [0.1, 0.15) is 18.7 Å². The number of hydrogen-bond acceptors (Lipinski definition) is 7. The lowest BCUT2D eigenvalue weighted by Crippen LogP contribution is -2.54. The number of carboxylic acid groups (broad SMARTS) is 1. The number of aliphatic carboxylic acids is 1. The van der Waals surface area contributed by atoms with Gasteiger partial charge in [-0.2, -0.15) is 0 Å². The molecule has 10 nitrogen and oxygen atoms in total. The second-order valence-corrected chi connectivity index (χ2v) is 8.37. The lowest BCUT2D eigenvalue weighted by atomic mass is 9.79. The molecule has 1 fully saturated rings. The summed E-state index contributed by atoms with van der Waals surface area (Å²) in [6.07, 6.45) is 0.635. The number of urea groups is 1. The zero-order valence-electron chi connectivity index (χ0n) is 19.7. The summed E-state index contributed by atoms with van der Waals surface area (Å²) in [5.74, 6) is 0.575. The number of amides is 2. The zero-order chi connectivity index (χ0) is 25.2. The van der Waals surface area contributed by atoms with E-state index in [0.29, 0.717) is 52.1 Å². The Balaban J connectivity index is 1.85. The minimum atomic E-state index is -1.57. The topological polar surface area (TPSA) is 126 Å². The van der Waals surface area contributed by atoms with Gasteiger partial charge in [-0.05, 0) is 61.4 Å². The second kappa shape index (κ2) is 9.67. The van der Waals surface area contributed by atoms with Crippen molar-refractivity contribution < 1.29 is 33.8 Å². The van der Waals surface area contributed by atoms with Gasteiger partial charge in [0.05, 0.1) is 14.2 Å². The Morgan fingerprint density at radius 1 is 1.03 bits per heavy atom. The van der Waals surface area contributed by atoms with Crippen molar-refractivity contribution in [3.63, 3.8) is 0 Å². The van der Waals surface area contributed by atoms with Gasteiger partial charge in [-0.1, -0.05) is 0 Å². The maximum absolute atomic E-state index is 12.6. The number of rotatable bonds is 6. The molecule has 4 rings (SSSR count). The van der Waals surface area contributed by atoms with Crippen molar-refractivity contribution in [2.45, 2.75) is 18.3 Å². The van der Waals surface area contributed by atoms with Crippen LogP contribution in [0.3, 0.4) is 0 Å². The molecule has 2 aromatic carbocycles. The minimum Gasteiger partial charge on any atom is -0.497 e. The van der Waals surface area contributed by atoms with Crippen molar-refractivity contribution >= 4 is 12.0 Å². The van der Waals surface area contributed by atoms with Crippen LogP contribution >= 0.6 is 0 Å². The van der Waals surface area contributed by atoms with E-state index in [4.69, 9.17) is 13.9 Å². The maximum atomic E-state index is 12.6. The van der Waals surface area contributed by atoms with Crippen LogP contribution in [0.2, 0.25) is 0 Å². The molecule has 0 bridgehead atoms. The molecule has 35 heavy (non-hydrogen) atoms. The van der Waals surface area contributed by atoms with Gasteiger partial charge in [0.15, 0.2) is 11.2 Å². The number of hydrogen-bond donors (Lipinski definition) is 2. The van der Waals surface area contributed by atoms with E-state index >= 15 is 0 Å². The number of aromatic nitrogens is 1. The summed E-state index contributed by atoms with van der Waals surface area (Å²) >= 11 is 0. The van der Waals surface area contributed by atoms with Crippen LogP contribution in [0, 0.1) is 0 Å². The van der Waals surface area contributed by atoms with Gasteiger partial charge in [0, 0.05) is 31.3 Å². The lowest BCUT2D eigenvalue weighted by molar-refractivity contribution is -0.147. The third kappa shape index (κ3) is 4.52. The highest BCUT2D eigenvalue weighted by atomic mass is 16.5. The highest BCUT2D eigenvalue weighted by molar-refractivity contribution is 5.84. The van der Waals surface area contributed by atoms with E-state index in [0.717, 1.165) is 0 Å². The molecule has 2 N–H and O–H groups in total. The number of nitrogens with zero attached hydrogens (tertiary/aromatic N) is 3. The Bertz CT molecular complexity index is 1140. The van der Waals surface area contributed by atoms with Crippen LogP contribution in [0.15, 0.2) is 52.9 Å². The summed E-state index contributed by atoms with van der Waals surface area (Å²) in [5.41, 5.74) is 0.299. The Hall–Kier alpha value is -4.05. The summed E-state index contributed by atoms with van der Waals surface area (Å²) in [6.45, 7) is 0.132. The monoisotopic (exact) mass is 481 g/mol. The number of oxazole rings is 1. The highest BCUT2D eigenvalue weighted by Crippen LogP contribution is 2.41.